The lowest BCUT2D eigenvalue weighted by Gasteiger charge is -2.08. The summed E-state index contributed by atoms with van der Waals surface area (Å²) in [5.74, 6) is -0.925. The highest BCUT2D eigenvalue weighted by Gasteiger charge is 2.13. The smallest absolute Gasteiger partial charge is 0.269 e. The van der Waals surface area contributed by atoms with E-state index in [0.717, 1.165) is 11.3 Å². The molecule has 0 spiro atoms. The van der Waals surface area contributed by atoms with E-state index in [2.05, 4.69) is 15.7 Å². The summed E-state index contributed by atoms with van der Waals surface area (Å²) in [7, 11) is 0. The first-order chi connectivity index (χ1) is 11.5. The van der Waals surface area contributed by atoms with E-state index in [4.69, 9.17) is 0 Å². The van der Waals surface area contributed by atoms with Gasteiger partial charge in [0.2, 0.25) is 5.91 Å². The van der Waals surface area contributed by atoms with Crippen molar-refractivity contribution in [3.8, 4) is 0 Å². The zero-order valence-electron chi connectivity index (χ0n) is 13.8. The van der Waals surface area contributed by atoms with Gasteiger partial charge in [-0.3, -0.25) is 14.3 Å². The average molecular weight is 332 g/mol. The van der Waals surface area contributed by atoms with Gasteiger partial charge in [0.1, 0.15) is 11.5 Å². The minimum Gasteiger partial charge on any atom is -0.354 e. The molecule has 0 aliphatic rings. The first-order valence-corrected chi connectivity index (χ1v) is 7.83. The molecule has 0 saturated carbocycles. The van der Waals surface area contributed by atoms with Crippen LogP contribution in [0.25, 0.3) is 0 Å². The maximum Gasteiger partial charge on any atom is 0.269 e. The maximum atomic E-state index is 13.0. The third-order valence-electron chi connectivity index (χ3n) is 3.47. The Morgan fingerprint density at radius 2 is 2.04 bits per heavy atom. The van der Waals surface area contributed by atoms with Crippen LogP contribution in [0.4, 0.5) is 4.39 Å². The Labute approximate surface area is 140 Å². The molecule has 7 heteroatoms. The number of hydrogen-bond acceptors (Lipinski definition) is 3. The molecule has 0 saturated heterocycles. The van der Waals surface area contributed by atoms with Crippen LogP contribution in [0.3, 0.4) is 0 Å². The van der Waals surface area contributed by atoms with Crippen molar-refractivity contribution in [2.75, 3.05) is 13.1 Å². The molecule has 0 aliphatic carbocycles. The van der Waals surface area contributed by atoms with Crippen LogP contribution in [-0.2, 0) is 17.8 Å². The molecule has 2 aromatic rings. The van der Waals surface area contributed by atoms with Gasteiger partial charge in [0, 0.05) is 13.1 Å². The summed E-state index contributed by atoms with van der Waals surface area (Å²) in [6.45, 7) is 4.54. The molecule has 0 radical (unpaired) electrons. The molecule has 24 heavy (non-hydrogen) atoms. The van der Waals surface area contributed by atoms with E-state index < -0.39 is 0 Å². The standard InChI is InChI=1S/C17H21FN4O2/c1-3-22-15(9-12(2)21-22)17(24)20-11-16(23)19-8-7-13-5-4-6-14(18)10-13/h4-6,9-10H,3,7-8,11H2,1-2H3,(H,19,23)(H,20,24). The predicted molar refractivity (Wildman–Crippen MR) is 88.1 cm³/mol. The normalized spacial score (nSPS) is 10.5. The van der Waals surface area contributed by atoms with Crippen molar-refractivity contribution in [1.29, 1.82) is 0 Å². The summed E-state index contributed by atoms with van der Waals surface area (Å²) in [4.78, 5) is 23.9. The topological polar surface area (TPSA) is 76.0 Å². The molecule has 0 fully saturated rings. The monoisotopic (exact) mass is 332 g/mol. The Balaban J connectivity index is 1.75. The fraction of sp³-hybridized carbons (Fsp3) is 0.353. The second kappa shape index (κ2) is 8.24. The van der Waals surface area contributed by atoms with Gasteiger partial charge in [0.15, 0.2) is 0 Å². The number of benzene rings is 1. The maximum absolute atomic E-state index is 13.0. The Morgan fingerprint density at radius 1 is 1.25 bits per heavy atom. The van der Waals surface area contributed by atoms with Crippen molar-refractivity contribution in [3.63, 3.8) is 0 Å². The number of nitrogens with one attached hydrogen (secondary N) is 2. The number of amides is 2. The highest BCUT2D eigenvalue weighted by molar-refractivity contribution is 5.95. The molecular formula is C17H21FN4O2. The third-order valence-corrected chi connectivity index (χ3v) is 3.47. The molecule has 1 aromatic carbocycles. The highest BCUT2D eigenvalue weighted by atomic mass is 19.1. The lowest BCUT2D eigenvalue weighted by Crippen LogP contribution is -2.38. The van der Waals surface area contributed by atoms with Gasteiger partial charge in [0.05, 0.1) is 12.2 Å². The van der Waals surface area contributed by atoms with Gasteiger partial charge in [-0.05, 0) is 44.0 Å². The lowest BCUT2D eigenvalue weighted by atomic mass is 10.1. The second-order valence-corrected chi connectivity index (χ2v) is 5.40. The van der Waals surface area contributed by atoms with Crippen LogP contribution < -0.4 is 10.6 Å². The van der Waals surface area contributed by atoms with Gasteiger partial charge in [-0.15, -0.1) is 0 Å². The SMILES string of the molecule is CCn1nc(C)cc1C(=O)NCC(=O)NCCc1cccc(F)c1. The molecule has 6 nitrogen and oxygen atoms in total. The van der Waals surface area contributed by atoms with Crippen LogP contribution in [0.1, 0.15) is 28.7 Å². The Kier molecular flexibility index (Phi) is 6.06. The quantitative estimate of drug-likeness (QED) is 0.805. The van der Waals surface area contributed by atoms with E-state index in [-0.39, 0.29) is 24.2 Å². The van der Waals surface area contributed by atoms with E-state index >= 15 is 0 Å². The van der Waals surface area contributed by atoms with Crippen molar-refractivity contribution in [3.05, 3.63) is 53.1 Å². The van der Waals surface area contributed by atoms with E-state index in [1.165, 1.54) is 12.1 Å². The molecule has 2 rings (SSSR count). The number of nitrogens with zero attached hydrogens (tertiary/aromatic N) is 2. The van der Waals surface area contributed by atoms with Gasteiger partial charge in [0.25, 0.3) is 5.91 Å². The third kappa shape index (κ3) is 4.91. The van der Waals surface area contributed by atoms with Crippen LogP contribution in [0.15, 0.2) is 30.3 Å². The molecule has 2 N–H and O–H groups in total. The number of halogens is 1. The van der Waals surface area contributed by atoms with Gasteiger partial charge in [-0.25, -0.2) is 4.39 Å². The molecule has 1 aromatic heterocycles. The van der Waals surface area contributed by atoms with E-state index in [1.54, 1.807) is 22.9 Å². The molecule has 1 heterocycles. The summed E-state index contributed by atoms with van der Waals surface area (Å²) in [5.41, 5.74) is 1.99. The van der Waals surface area contributed by atoms with Crippen molar-refractivity contribution in [2.24, 2.45) is 0 Å². The van der Waals surface area contributed by atoms with Crippen molar-refractivity contribution >= 4 is 11.8 Å². The van der Waals surface area contributed by atoms with Gasteiger partial charge in [-0.2, -0.15) is 5.10 Å². The van der Waals surface area contributed by atoms with Gasteiger partial charge in [-0.1, -0.05) is 12.1 Å². The minimum atomic E-state index is -0.335. The number of aryl methyl sites for hydroxylation is 2. The Hall–Kier alpha value is -2.70. The predicted octanol–water partition coefficient (Wildman–Crippen LogP) is 1.44. The Bertz CT molecular complexity index is 727. The second-order valence-electron chi connectivity index (χ2n) is 5.40. The minimum absolute atomic E-state index is 0.115. The van der Waals surface area contributed by atoms with Crippen molar-refractivity contribution in [2.45, 2.75) is 26.8 Å². The van der Waals surface area contributed by atoms with Gasteiger partial charge < -0.3 is 10.6 Å². The van der Waals surface area contributed by atoms with E-state index in [1.807, 2.05) is 13.8 Å². The zero-order valence-corrected chi connectivity index (χ0v) is 13.8. The molecule has 128 valence electrons. The molecule has 0 atom stereocenters. The van der Waals surface area contributed by atoms with Crippen molar-refractivity contribution < 1.29 is 14.0 Å². The molecule has 0 unspecified atom stereocenters. The fourth-order valence-corrected chi connectivity index (χ4v) is 2.32. The summed E-state index contributed by atoms with van der Waals surface area (Å²) < 4.78 is 14.6. The number of rotatable bonds is 7. The fourth-order valence-electron chi connectivity index (χ4n) is 2.32. The lowest BCUT2D eigenvalue weighted by molar-refractivity contribution is -0.120. The Morgan fingerprint density at radius 3 is 2.75 bits per heavy atom. The van der Waals surface area contributed by atoms with Crippen molar-refractivity contribution in [1.82, 2.24) is 20.4 Å². The summed E-state index contributed by atoms with van der Waals surface area (Å²) in [6.07, 6.45) is 0.527. The first kappa shape index (κ1) is 17.7. The zero-order chi connectivity index (χ0) is 17.5. The van der Waals surface area contributed by atoms with Crippen LogP contribution in [0, 0.1) is 12.7 Å². The number of hydrogen-bond donors (Lipinski definition) is 2. The highest BCUT2D eigenvalue weighted by Crippen LogP contribution is 2.04. The summed E-state index contributed by atoms with van der Waals surface area (Å²) >= 11 is 0. The molecule has 2 amide bonds. The van der Waals surface area contributed by atoms with Gasteiger partial charge >= 0.3 is 0 Å². The summed E-state index contributed by atoms with van der Waals surface area (Å²) in [5, 5.41) is 9.46. The first-order valence-electron chi connectivity index (χ1n) is 7.83. The molecule has 0 aliphatic heterocycles. The molecule has 0 bridgehead atoms. The van der Waals surface area contributed by atoms with Crippen LogP contribution in [0.2, 0.25) is 0 Å². The largest absolute Gasteiger partial charge is 0.354 e. The average Bonchev–Trinajstić information content (AvgIpc) is 2.94. The number of carbonyl (C=O) groups excluding carboxylic acids is 2. The number of carbonyl (C=O) groups is 2. The van der Waals surface area contributed by atoms with Crippen LogP contribution in [-0.4, -0.2) is 34.7 Å². The van der Waals surface area contributed by atoms with Crippen LogP contribution >= 0.6 is 0 Å². The number of aromatic nitrogens is 2. The van der Waals surface area contributed by atoms with E-state index in [9.17, 15) is 14.0 Å². The molecular weight excluding hydrogens is 311 g/mol. The van der Waals surface area contributed by atoms with Crippen LogP contribution in [0.5, 0.6) is 0 Å². The summed E-state index contributed by atoms with van der Waals surface area (Å²) in [6, 6.07) is 7.92. The van der Waals surface area contributed by atoms with E-state index in [0.29, 0.717) is 25.2 Å².